The molecule has 0 aliphatic heterocycles. The number of aliphatic hydroxyl groups is 1. The molecule has 0 aliphatic rings. The molecule has 0 saturated heterocycles. The van der Waals surface area contributed by atoms with Gasteiger partial charge in [0.05, 0.1) is 12.8 Å². The van der Waals surface area contributed by atoms with Crippen molar-refractivity contribution in [3.63, 3.8) is 0 Å². The van der Waals surface area contributed by atoms with Crippen LogP contribution in [0.1, 0.15) is 16.8 Å². The number of hydrogen-bond acceptors (Lipinski definition) is 3. The Morgan fingerprint density at radius 3 is 2.55 bits per heavy atom. The lowest BCUT2D eigenvalue weighted by Crippen LogP contribution is -2.29. The first-order valence-electron chi connectivity index (χ1n) is 7.05. The molecule has 0 radical (unpaired) electrons. The maximum atomic E-state index is 9.22. The summed E-state index contributed by atoms with van der Waals surface area (Å²) in [7, 11) is 1.96. The fourth-order valence-corrected chi connectivity index (χ4v) is 2.28. The van der Waals surface area contributed by atoms with E-state index in [0.717, 1.165) is 19.5 Å². The number of benzene rings is 1. The summed E-state index contributed by atoms with van der Waals surface area (Å²) in [5.74, 6) is 0. The minimum absolute atomic E-state index is 0.189. The van der Waals surface area contributed by atoms with Gasteiger partial charge < -0.3 is 5.11 Å². The van der Waals surface area contributed by atoms with Gasteiger partial charge in [0.25, 0.3) is 0 Å². The maximum absolute atomic E-state index is 9.22. The molecular formula is C16H23N3O. The topological polar surface area (TPSA) is 41.3 Å². The Hall–Kier alpha value is -1.65. The van der Waals surface area contributed by atoms with Gasteiger partial charge in [0.2, 0.25) is 0 Å². The van der Waals surface area contributed by atoms with Gasteiger partial charge in [-0.3, -0.25) is 9.58 Å². The van der Waals surface area contributed by atoms with Gasteiger partial charge in [-0.1, -0.05) is 30.3 Å². The van der Waals surface area contributed by atoms with Gasteiger partial charge in [-0.25, -0.2) is 0 Å². The summed E-state index contributed by atoms with van der Waals surface area (Å²) in [6.45, 7) is 4.75. The van der Waals surface area contributed by atoms with Crippen LogP contribution in [0.25, 0.3) is 0 Å². The second kappa shape index (κ2) is 7.22. The molecule has 0 atom stereocenters. The molecule has 1 aromatic carbocycles. The molecule has 20 heavy (non-hydrogen) atoms. The zero-order valence-corrected chi connectivity index (χ0v) is 12.3. The van der Waals surface area contributed by atoms with Gasteiger partial charge in [-0.05, 0) is 18.9 Å². The van der Waals surface area contributed by atoms with E-state index in [-0.39, 0.29) is 6.61 Å². The fourth-order valence-electron chi connectivity index (χ4n) is 2.28. The summed E-state index contributed by atoms with van der Waals surface area (Å²) in [6, 6.07) is 10.5. The smallest absolute Gasteiger partial charge is 0.0558 e. The van der Waals surface area contributed by atoms with Crippen LogP contribution in [0, 0.1) is 6.92 Å². The molecule has 0 fully saturated rings. The molecule has 1 aromatic heterocycles. The Morgan fingerprint density at radius 1 is 1.20 bits per heavy atom. The fraction of sp³-hybridized carbons (Fsp3) is 0.438. The van der Waals surface area contributed by atoms with Gasteiger partial charge >= 0.3 is 0 Å². The highest BCUT2D eigenvalue weighted by atomic mass is 16.3. The molecule has 4 heteroatoms. The van der Waals surface area contributed by atoms with Crippen molar-refractivity contribution in [3.05, 3.63) is 53.3 Å². The summed E-state index contributed by atoms with van der Waals surface area (Å²) in [6.07, 6.45) is 2.92. The molecule has 1 heterocycles. The van der Waals surface area contributed by atoms with E-state index in [1.807, 2.05) is 24.0 Å². The van der Waals surface area contributed by atoms with E-state index in [9.17, 15) is 5.11 Å². The SMILES string of the molecule is Cc1c(CN(CCO)CCc2ccccc2)cnn1C. The van der Waals surface area contributed by atoms with Gasteiger partial charge in [0, 0.05) is 37.9 Å². The minimum Gasteiger partial charge on any atom is -0.395 e. The third kappa shape index (κ3) is 3.92. The number of hydrogen-bond donors (Lipinski definition) is 1. The van der Waals surface area contributed by atoms with E-state index in [4.69, 9.17) is 0 Å². The molecule has 2 aromatic rings. The molecule has 0 aliphatic carbocycles. The minimum atomic E-state index is 0.189. The Labute approximate surface area is 120 Å². The number of aryl methyl sites for hydroxylation is 1. The highest BCUT2D eigenvalue weighted by Gasteiger charge is 2.10. The van der Waals surface area contributed by atoms with Crippen LogP contribution >= 0.6 is 0 Å². The molecule has 1 N–H and O–H groups in total. The highest BCUT2D eigenvalue weighted by Crippen LogP contribution is 2.10. The Kier molecular flexibility index (Phi) is 5.32. The Morgan fingerprint density at radius 2 is 1.95 bits per heavy atom. The molecule has 2 rings (SSSR count). The molecule has 0 saturated carbocycles. The van der Waals surface area contributed by atoms with Crippen molar-refractivity contribution in [1.82, 2.24) is 14.7 Å². The van der Waals surface area contributed by atoms with E-state index in [1.165, 1.54) is 16.8 Å². The lowest BCUT2D eigenvalue weighted by molar-refractivity contribution is 0.191. The quantitative estimate of drug-likeness (QED) is 0.836. The Bertz CT molecular complexity index is 522. The summed E-state index contributed by atoms with van der Waals surface area (Å²) in [5.41, 5.74) is 3.75. The zero-order valence-electron chi connectivity index (χ0n) is 12.3. The highest BCUT2D eigenvalue weighted by molar-refractivity contribution is 5.17. The third-order valence-corrected chi connectivity index (χ3v) is 3.71. The predicted molar refractivity (Wildman–Crippen MR) is 80.5 cm³/mol. The number of aliphatic hydroxyl groups excluding tert-OH is 1. The van der Waals surface area contributed by atoms with Crippen LogP contribution in [0.4, 0.5) is 0 Å². The Balaban J connectivity index is 1.95. The van der Waals surface area contributed by atoms with Crippen LogP contribution in [-0.4, -0.2) is 39.5 Å². The average molecular weight is 273 g/mol. The maximum Gasteiger partial charge on any atom is 0.0558 e. The molecule has 0 spiro atoms. The van der Waals surface area contributed by atoms with Crippen molar-refractivity contribution >= 4 is 0 Å². The first kappa shape index (κ1) is 14.8. The number of rotatable bonds is 7. The standard InChI is InChI=1S/C16H23N3O/c1-14-16(12-17-18(14)2)13-19(10-11-20)9-8-15-6-4-3-5-7-15/h3-7,12,20H,8-11,13H2,1-2H3. The van der Waals surface area contributed by atoms with Crippen LogP contribution < -0.4 is 0 Å². The monoisotopic (exact) mass is 273 g/mol. The van der Waals surface area contributed by atoms with Crippen LogP contribution in [0.15, 0.2) is 36.5 Å². The van der Waals surface area contributed by atoms with E-state index < -0.39 is 0 Å². The third-order valence-electron chi connectivity index (χ3n) is 3.71. The molecule has 0 unspecified atom stereocenters. The van der Waals surface area contributed by atoms with Gasteiger partial charge in [-0.15, -0.1) is 0 Å². The van der Waals surface area contributed by atoms with Crippen LogP contribution in [0.5, 0.6) is 0 Å². The van der Waals surface area contributed by atoms with Gasteiger partial charge in [-0.2, -0.15) is 5.10 Å². The summed E-state index contributed by atoms with van der Waals surface area (Å²) in [5, 5.41) is 13.5. The zero-order chi connectivity index (χ0) is 14.4. The van der Waals surface area contributed by atoms with E-state index >= 15 is 0 Å². The van der Waals surface area contributed by atoms with Crippen molar-refractivity contribution in [2.75, 3.05) is 19.7 Å². The average Bonchev–Trinajstić information content (AvgIpc) is 2.78. The van der Waals surface area contributed by atoms with E-state index in [2.05, 4.69) is 41.2 Å². The van der Waals surface area contributed by atoms with Crippen molar-refractivity contribution in [3.8, 4) is 0 Å². The first-order valence-corrected chi connectivity index (χ1v) is 7.05. The lowest BCUT2D eigenvalue weighted by atomic mass is 10.1. The van der Waals surface area contributed by atoms with Crippen LogP contribution in [-0.2, 0) is 20.0 Å². The van der Waals surface area contributed by atoms with Crippen LogP contribution in [0.3, 0.4) is 0 Å². The summed E-state index contributed by atoms with van der Waals surface area (Å²) in [4.78, 5) is 2.27. The first-order chi connectivity index (χ1) is 9.70. The largest absolute Gasteiger partial charge is 0.395 e. The molecular weight excluding hydrogens is 250 g/mol. The second-order valence-corrected chi connectivity index (χ2v) is 5.11. The van der Waals surface area contributed by atoms with E-state index in [1.54, 1.807) is 0 Å². The molecule has 0 amide bonds. The molecule has 108 valence electrons. The molecule has 0 bridgehead atoms. The van der Waals surface area contributed by atoms with Crippen molar-refractivity contribution < 1.29 is 5.11 Å². The van der Waals surface area contributed by atoms with Gasteiger partial charge in [0.1, 0.15) is 0 Å². The predicted octanol–water partition coefficient (Wildman–Crippen LogP) is 1.77. The lowest BCUT2D eigenvalue weighted by Gasteiger charge is -2.21. The van der Waals surface area contributed by atoms with Crippen molar-refractivity contribution in [2.24, 2.45) is 7.05 Å². The van der Waals surface area contributed by atoms with E-state index in [0.29, 0.717) is 6.54 Å². The number of nitrogens with zero attached hydrogens (tertiary/aromatic N) is 3. The summed E-state index contributed by atoms with van der Waals surface area (Å²) < 4.78 is 1.89. The molecule has 4 nitrogen and oxygen atoms in total. The summed E-state index contributed by atoms with van der Waals surface area (Å²) >= 11 is 0. The normalized spacial score (nSPS) is 11.2. The van der Waals surface area contributed by atoms with Crippen molar-refractivity contribution in [1.29, 1.82) is 0 Å². The number of aromatic nitrogens is 2. The second-order valence-electron chi connectivity index (χ2n) is 5.11. The van der Waals surface area contributed by atoms with Crippen LogP contribution in [0.2, 0.25) is 0 Å². The van der Waals surface area contributed by atoms with Crippen molar-refractivity contribution in [2.45, 2.75) is 19.9 Å². The van der Waals surface area contributed by atoms with Gasteiger partial charge in [0.15, 0.2) is 0 Å².